The minimum atomic E-state index is -4.47. The van der Waals surface area contributed by atoms with Gasteiger partial charge < -0.3 is 15.5 Å². The third kappa shape index (κ3) is 6.07. The van der Waals surface area contributed by atoms with Crippen LogP contribution in [0.1, 0.15) is 18.0 Å². The van der Waals surface area contributed by atoms with Gasteiger partial charge in [0.05, 0.1) is 11.3 Å². The standard InChI is InChI=1S/C13H16F3N3O4.2ClH/c14-13(15,16)7-10(18-3-1-17-2-4-18)8-5-9(19(22)23)12(21)11(20)6-8;;/h5-6,10,17,20-21H,1-4,7H2;2*1H/t10-;;/m0../s1. The minimum absolute atomic E-state index is 0. The average molecular weight is 408 g/mol. The Hall–Kier alpha value is -1.49. The number of phenols is 2. The number of benzene rings is 1. The summed E-state index contributed by atoms with van der Waals surface area (Å²) in [5.74, 6) is -1.76. The molecular formula is C13H18Cl2F3N3O4. The normalized spacial score (nSPS) is 16.4. The molecule has 1 aromatic carbocycles. The van der Waals surface area contributed by atoms with Crippen molar-refractivity contribution in [2.24, 2.45) is 0 Å². The van der Waals surface area contributed by atoms with Crippen molar-refractivity contribution in [3.8, 4) is 11.5 Å². The Morgan fingerprint density at radius 2 is 1.80 bits per heavy atom. The fraction of sp³-hybridized carbons (Fsp3) is 0.538. The van der Waals surface area contributed by atoms with Gasteiger partial charge in [-0.25, -0.2) is 0 Å². The summed E-state index contributed by atoms with van der Waals surface area (Å²) in [4.78, 5) is 11.5. The van der Waals surface area contributed by atoms with Crippen LogP contribution in [0.4, 0.5) is 18.9 Å². The van der Waals surface area contributed by atoms with Gasteiger partial charge in [0.15, 0.2) is 5.75 Å². The van der Waals surface area contributed by atoms with Gasteiger partial charge in [-0.2, -0.15) is 13.2 Å². The summed E-state index contributed by atoms with van der Waals surface area (Å²) in [5.41, 5.74) is -0.867. The third-order valence-electron chi connectivity index (χ3n) is 3.69. The monoisotopic (exact) mass is 407 g/mol. The molecule has 3 N–H and O–H groups in total. The van der Waals surface area contributed by atoms with Crippen molar-refractivity contribution in [3.05, 3.63) is 27.8 Å². The molecule has 0 amide bonds. The number of aromatic hydroxyl groups is 2. The second-order valence-electron chi connectivity index (χ2n) is 5.29. The number of phenolic OH excluding ortho intramolecular Hbond substituents is 2. The van der Waals surface area contributed by atoms with E-state index in [0.717, 1.165) is 12.1 Å². The SMILES string of the molecule is Cl.Cl.O=[N+]([O-])c1cc([C@H](CC(F)(F)F)N2CCNCC2)cc(O)c1O. The first-order chi connectivity index (χ1) is 10.7. The Kier molecular flexibility index (Phi) is 8.72. The molecule has 144 valence electrons. The van der Waals surface area contributed by atoms with Gasteiger partial charge in [0.2, 0.25) is 5.75 Å². The molecule has 7 nitrogen and oxygen atoms in total. The van der Waals surface area contributed by atoms with Crippen molar-refractivity contribution in [3.63, 3.8) is 0 Å². The predicted molar refractivity (Wildman–Crippen MR) is 88.8 cm³/mol. The van der Waals surface area contributed by atoms with Crippen LogP contribution in [0, 0.1) is 10.1 Å². The van der Waals surface area contributed by atoms with E-state index < -0.39 is 40.7 Å². The van der Waals surface area contributed by atoms with E-state index in [1.165, 1.54) is 0 Å². The van der Waals surface area contributed by atoms with E-state index in [-0.39, 0.29) is 30.4 Å². The van der Waals surface area contributed by atoms with E-state index in [1.807, 2.05) is 0 Å². The van der Waals surface area contributed by atoms with Gasteiger partial charge >= 0.3 is 11.9 Å². The van der Waals surface area contributed by atoms with Crippen molar-refractivity contribution in [1.82, 2.24) is 10.2 Å². The first kappa shape index (κ1) is 23.5. The Balaban J connectivity index is 0.00000288. The molecule has 0 aliphatic carbocycles. The van der Waals surface area contributed by atoms with Gasteiger partial charge in [-0.05, 0) is 11.6 Å². The highest BCUT2D eigenvalue weighted by molar-refractivity contribution is 5.85. The molecule has 2 rings (SSSR count). The number of nitrogens with zero attached hydrogens (tertiary/aromatic N) is 2. The van der Waals surface area contributed by atoms with E-state index in [1.54, 1.807) is 4.90 Å². The molecule has 1 aromatic rings. The number of nitro benzene ring substituents is 1. The first-order valence-corrected chi connectivity index (χ1v) is 6.91. The second-order valence-corrected chi connectivity index (χ2v) is 5.29. The van der Waals surface area contributed by atoms with Crippen LogP contribution in [0.25, 0.3) is 0 Å². The number of hydrogen-bond donors (Lipinski definition) is 3. The molecule has 0 radical (unpaired) electrons. The summed E-state index contributed by atoms with van der Waals surface area (Å²) in [6.45, 7) is 1.69. The second kappa shape index (κ2) is 9.27. The molecule has 1 aliphatic heterocycles. The molecule has 1 atom stereocenters. The smallest absolute Gasteiger partial charge is 0.390 e. The molecule has 0 aromatic heterocycles. The maximum absolute atomic E-state index is 12.9. The fourth-order valence-electron chi connectivity index (χ4n) is 2.63. The van der Waals surface area contributed by atoms with Gasteiger partial charge in [-0.3, -0.25) is 15.0 Å². The molecule has 1 aliphatic rings. The molecule has 0 saturated carbocycles. The van der Waals surface area contributed by atoms with Gasteiger partial charge in [0, 0.05) is 38.3 Å². The maximum Gasteiger partial charge on any atom is 0.390 e. The number of rotatable bonds is 4. The minimum Gasteiger partial charge on any atom is -0.504 e. The van der Waals surface area contributed by atoms with Crippen molar-refractivity contribution in [2.45, 2.75) is 18.6 Å². The first-order valence-electron chi connectivity index (χ1n) is 6.91. The number of halogens is 5. The highest BCUT2D eigenvalue weighted by Crippen LogP contribution is 2.41. The van der Waals surface area contributed by atoms with Gasteiger partial charge in [-0.1, -0.05) is 0 Å². The Labute approximate surface area is 153 Å². The van der Waals surface area contributed by atoms with Crippen LogP contribution >= 0.6 is 24.8 Å². The van der Waals surface area contributed by atoms with Crippen LogP contribution in [-0.4, -0.2) is 52.4 Å². The van der Waals surface area contributed by atoms with Crippen molar-refractivity contribution in [2.75, 3.05) is 26.2 Å². The van der Waals surface area contributed by atoms with Crippen molar-refractivity contribution < 1.29 is 28.3 Å². The fourth-order valence-corrected chi connectivity index (χ4v) is 2.63. The lowest BCUT2D eigenvalue weighted by Crippen LogP contribution is -2.46. The van der Waals surface area contributed by atoms with Crippen LogP contribution in [0.5, 0.6) is 11.5 Å². The highest BCUT2D eigenvalue weighted by atomic mass is 35.5. The van der Waals surface area contributed by atoms with E-state index in [0.29, 0.717) is 26.2 Å². The lowest BCUT2D eigenvalue weighted by molar-refractivity contribution is -0.386. The maximum atomic E-state index is 12.9. The third-order valence-corrected chi connectivity index (χ3v) is 3.69. The average Bonchev–Trinajstić information content (AvgIpc) is 2.47. The number of piperazine rings is 1. The summed E-state index contributed by atoms with van der Waals surface area (Å²) < 4.78 is 38.7. The lowest BCUT2D eigenvalue weighted by atomic mass is 9.99. The summed E-state index contributed by atoms with van der Waals surface area (Å²) in [6, 6.07) is 0.663. The summed E-state index contributed by atoms with van der Waals surface area (Å²) in [5, 5.41) is 33.0. The van der Waals surface area contributed by atoms with Crippen LogP contribution in [0.15, 0.2) is 12.1 Å². The zero-order valence-corrected chi connectivity index (χ0v) is 14.5. The molecule has 25 heavy (non-hydrogen) atoms. The molecule has 0 spiro atoms. The summed E-state index contributed by atoms with van der Waals surface area (Å²) in [7, 11) is 0. The van der Waals surface area contributed by atoms with E-state index in [4.69, 9.17) is 0 Å². The van der Waals surface area contributed by atoms with Gasteiger partial charge in [0.1, 0.15) is 0 Å². The Morgan fingerprint density at radius 3 is 2.28 bits per heavy atom. The molecule has 1 saturated heterocycles. The largest absolute Gasteiger partial charge is 0.504 e. The topological polar surface area (TPSA) is 98.9 Å². The van der Waals surface area contributed by atoms with Crippen LogP contribution < -0.4 is 5.32 Å². The molecule has 1 heterocycles. The Morgan fingerprint density at radius 1 is 1.24 bits per heavy atom. The summed E-state index contributed by atoms with van der Waals surface area (Å²) >= 11 is 0. The molecule has 1 fully saturated rings. The Bertz CT molecular complexity index is 599. The van der Waals surface area contributed by atoms with Gasteiger partial charge in [-0.15, -0.1) is 24.8 Å². The molecular weight excluding hydrogens is 390 g/mol. The quantitative estimate of drug-likeness (QED) is 0.403. The van der Waals surface area contributed by atoms with E-state index >= 15 is 0 Å². The number of nitro groups is 1. The number of nitrogens with one attached hydrogen (secondary N) is 1. The number of alkyl halides is 3. The zero-order valence-electron chi connectivity index (χ0n) is 12.8. The lowest BCUT2D eigenvalue weighted by Gasteiger charge is -2.35. The molecule has 0 unspecified atom stereocenters. The highest BCUT2D eigenvalue weighted by Gasteiger charge is 2.37. The van der Waals surface area contributed by atoms with Crippen molar-refractivity contribution >= 4 is 30.5 Å². The van der Waals surface area contributed by atoms with Crippen LogP contribution in [0.2, 0.25) is 0 Å². The summed E-state index contributed by atoms with van der Waals surface area (Å²) in [6.07, 6.45) is -5.67. The van der Waals surface area contributed by atoms with Crippen LogP contribution in [0.3, 0.4) is 0 Å². The molecule has 0 bridgehead atoms. The van der Waals surface area contributed by atoms with Crippen molar-refractivity contribution in [1.29, 1.82) is 0 Å². The predicted octanol–water partition coefficient (Wildman–Crippen LogP) is 2.75. The van der Waals surface area contributed by atoms with Crippen LogP contribution in [-0.2, 0) is 0 Å². The number of hydrogen-bond acceptors (Lipinski definition) is 6. The zero-order chi connectivity index (χ0) is 17.2. The van der Waals surface area contributed by atoms with Gasteiger partial charge in [0.25, 0.3) is 0 Å². The van der Waals surface area contributed by atoms with E-state index in [2.05, 4.69) is 5.32 Å². The molecule has 12 heteroatoms. The van der Waals surface area contributed by atoms with E-state index in [9.17, 15) is 33.5 Å².